The van der Waals surface area contributed by atoms with Gasteiger partial charge in [0.1, 0.15) is 12.4 Å². The van der Waals surface area contributed by atoms with Crippen molar-refractivity contribution < 1.29 is 19.7 Å². The summed E-state index contributed by atoms with van der Waals surface area (Å²) in [5.41, 5.74) is 6.60. The molecule has 0 aliphatic heterocycles. The number of rotatable bonds is 11. The van der Waals surface area contributed by atoms with E-state index in [0.717, 1.165) is 55.2 Å². The first kappa shape index (κ1) is 32.5. The van der Waals surface area contributed by atoms with Crippen molar-refractivity contribution in [3.05, 3.63) is 102 Å². The summed E-state index contributed by atoms with van der Waals surface area (Å²) < 4.78 is 13.7. The van der Waals surface area contributed by atoms with E-state index in [0.29, 0.717) is 25.5 Å². The number of thioether (sulfide) groups is 1. The Morgan fingerprint density at radius 2 is 1.60 bits per heavy atom. The van der Waals surface area contributed by atoms with E-state index in [1.54, 1.807) is 18.9 Å². The van der Waals surface area contributed by atoms with Gasteiger partial charge in [-0.2, -0.15) is 0 Å². The third-order valence-electron chi connectivity index (χ3n) is 7.75. The quantitative estimate of drug-likeness (QED) is 0.114. The Morgan fingerprint density at radius 1 is 0.867 bits per heavy atom. The monoisotopic (exact) mass is 625 g/mol. The van der Waals surface area contributed by atoms with Gasteiger partial charge >= 0.3 is 0 Å². The van der Waals surface area contributed by atoms with Gasteiger partial charge in [-0.1, -0.05) is 65.0 Å². The molecule has 2 N–H and O–H groups in total. The molecule has 0 atom stereocenters. The third-order valence-corrected chi connectivity index (χ3v) is 9.03. The number of nitrogens with zero attached hydrogens (tertiary/aromatic N) is 3. The highest BCUT2D eigenvalue weighted by molar-refractivity contribution is 8.00. The molecular weight excluding hydrogens is 582 g/mol. The average molecular weight is 626 g/mol. The van der Waals surface area contributed by atoms with Gasteiger partial charge in [-0.25, -0.2) is 4.98 Å². The smallest absolute Gasteiger partial charge is 0.212 e. The lowest BCUT2D eigenvalue weighted by Crippen LogP contribution is -2.32. The summed E-state index contributed by atoms with van der Waals surface area (Å²) in [6.07, 6.45) is 2.69. The van der Waals surface area contributed by atoms with Crippen LogP contribution in [0, 0.1) is 12.3 Å². The molecular formula is C37H43N3O4S. The zero-order chi connectivity index (χ0) is 32.4. The molecule has 0 saturated carbocycles. The maximum absolute atomic E-state index is 10.3. The molecule has 0 fully saturated rings. The number of aryl methyl sites for hydroxylation is 1. The van der Waals surface area contributed by atoms with E-state index in [2.05, 4.69) is 71.7 Å². The van der Waals surface area contributed by atoms with Gasteiger partial charge in [-0.15, -0.1) is 11.8 Å². The van der Waals surface area contributed by atoms with Crippen LogP contribution < -0.4 is 9.47 Å². The van der Waals surface area contributed by atoms with Crippen LogP contribution in [0.5, 0.6) is 11.6 Å². The van der Waals surface area contributed by atoms with Crippen molar-refractivity contribution in [2.45, 2.75) is 77.0 Å². The van der Waals surface area contributed by atoms with E-state index >= 15 is 0 Å². The molecule has 0 unspecified atom stereocenters. The lowest BCUT2D eigenvalue weighted by atomic mass is 9.87. The Balaban J connectivity index is 1.56. The molecule has 5 aromatic rings. The maximum atomic E-state index is 10.3. The normalized spacial score (nSPS) is 12.2. The first-order valence-corrected chi connectivity index (χ1v) is 16.0. The number of benzene rings is 2. The Hall–Kier alpha value is -3.85. The van der Waals surface area contributed by atoms with Gasteiger partial charge in [-0.3, -0.25) is 4.98 Å². The summed E-state index contributed by atoms with van der Waals surface area (Å²) >= 11 is 1.80. The predicted molar refractivity (Wildman–Crippen MR) is 182 cm³/mol. The van der Waals surface area contributed by atoms with Gasteiger partial charge in [0, 0.05) is 62.2 Å². The molecule has 3 heterocycles. The van der Waals surface area contributed by atoms with Crippen molar-refractivity contribution in [2.75, 3.05) is 7.11 Å². The van der Waals surface area contributed by atoms with Gasteiger partial charge in [0.15, 0.2) is 6.29 Å². The van der Waals surface area contributed by atoms with Crippen LogP contribution in [0.1, 0.15) is 57.1 Å². The summed E-state index contributed by atoms with van der Waals surface area (Å²) in [4.78, 5) is 9.96. The molecule has 0 aliphatic carbocycles. The van der Waals surface area contributed by atoms with Crippen molar-refractivity contribution in [3.63, 3.8) is 0 Å². The largest absolute Gasteiger partial charge is 0.487 e. The zero-order valence-electron chi connectivity index (χ0n) is 27.2. The second-order valence-electron chi connectivity index (χ2n) is 13.2. The summed E-state index contributed by atoms with van der Waals surface area (Å²) in [5, 5.41) is 21.8. The van der Waals surface area contributed by atoms with Crippen LogP contribution in [0.2, 0.25) is 0 Å². The molecule has 8 heteroatoms. The molecule has 0 saturated heterocycles. The molecule has 236 valence electrons. The van der Waals surface area contributed by atoms with Crippen molar-refractivity contribution in [3.8, 4) is 22.8 Å². The van der Waals surface area contributed by atoms with Gasteiger partial charge in [-0.05, 0) is 60.4 Å². The number of pyridine rings is 2. The standard InChI is InChI=1S/C37H43N3O4S/c1-24-8-14-28(38-20-24)23-44-29-15-16-31-30(18-29)34(45-36(2,3)4)32(19-37(5,6)35(41)42)40(31)22-25-9-11-26(12-10-25)27-13-17-33(43-7)39-21-27/h8-18,20-21,35,41-42H,19,22-23H2,1-7H3. The molecule has 0 bridgehead atoms. The minimum Gasteiger partial charge on any atom is -0.487 e. The molecule has 0 amide bonds. The molecule has 7 nitrogen and oxygen atoms in total. The van der Waals surface area contributed by atoms with E-state index in [9.17, 15) is 10.2 Å². The molecule has 45 heavy (non-hydrogen) atoms. The van der Waals surface area contributed by atoms with Crippen molar-refractivity contribution >= 4 is 22.7 Å². The summed E-state index contributed by atoms with van der Waals surface area (Å²) in [6, 6.07) is 22.6. The summed E-state index contributed by atoms with van der Waals surface area (Å²) in [7, 11) is 1.61. The fourth-order valence-electron chi connectivity index (χ4n) is 5.14. The highest BCUT2D eigenvalue weighted by Gasteiger charge is 2.32. The highest BCUT2D eigenvalue weighted by Crippen LogP contribution is 2.44. The second kappa shape index (κ2) is 13.3. The van der Waals surface area contributed by atoms with E-state index in [1.165, 1.54) is 0 Å². The number of aromatic nitrogens is 3. The van der Waals surface area contributed by atoms with Crippen molar-refractivity contribution in [1.29, 1.82) is 0 Å². The number of aliphatic hydroxyl groups excluding tert-OH is 1. The predicted octanol–water partition coefficient (Wildman–Crippen LogP) is 7.81. The minimum absolute atomic E-state index is 0.0768. The average Bonchev–Trinajstić information content (AvgIpc) is 3.26. The first-order valence-electron chi connectivity index (χ1n) is 15.2. The van der Waals surface area contributed by atoms with Crippen LogP contribution in [0.25, 0.3) is 22.0 Å². The highest BCUT2D eigenvalue weighted by atomic mass is 32.2. The zero-order valence-corrected chi connectivity index (χ0v) is 28.0. The Morgan fingerprint density at radius 3 is 2.20 bits per heavy atom. The van der Waals surface area contributed by atoms with Crippen molar-refractivity contribution in [1.82, 2.24) is 14.5 Å². The van der Waals surface area contributed by atoms with Gasteiger partial charge in [0.25, 0.3) is 0 Å². The van der Waals surface area contributed by atoms with Crippen molar-refractivity contribution in [2.24, 2.45) is 5.41 Å². The number of hydrogen-bond acceptors (Lipinski definition) is 7. The SMILES string of the molecule is COc1ccc(-c2ccc(Cn3c(CC(C)(C)C(O)O)c(SC(C)(C)C)c4cc(OCc5ccc(C)cn5)ccc43)cc2)cn1. The molecule has 0 spiro atoms. The lowest BCUT2D eigenvalue weighted by molar-refractivity contribution is -0.121. The molecule has 0 aliphatic rings. The Kier molecular flexibility index (Phi) is 9.58. The fraction of sp³-hybridized carbons (Fsp3) is 0.351. The van der Waals surface area contributed by atoms with Crippen LogP contribution in [0.15, 0.2) is 84.0 Å². The number of aliphatic hydroxyl groups is 2. The molecule has 5 rings (SSSR count). The molecule has 0 radical (unpaired) electrons. The number of hydrogen-bond donors (Lipinski definition) is 2. The first-order chi connectivity index (χ1) is 21.3. The van der Waals surface area contributed by atoms with Crippen LogP contribution >= 0.6 is 11.8 Å². The maximum Gasteiger partial charge on any atom is 0.212 e. The molecule has 3 aromatic heterocycles. The van der Waals surface area contributed by atoms with E-state index in [1.807, 2.05) is 63.5 Å². The third kappa shape index (κ3) is 7.87. The fourth-order valence-corrected chi connectivity index (χ4v) is 6.33. The number of methoxy groups -OCH3 is 1. The number of fused-ring (bicyclic) bond motifs is 1. The minimum atomic E-state index is -1.46. The van der Waals surface area contributed by atoms with Crippen LogP contribution in [0.3, 0.4) is 0 Å². The summed E-state index contributed by atoms with van der Waals surface area (Å²) in [6.45, 7) is 13.4. The van der Waals surface area contributed by atoms with Gasteiger partial charge in [0.2, 0.25) is 5.88 Å². The lowest BCUT2D eigenvalue weighted by Gasteiger charge is -2.29. The number of ether oxygens (including phenoxy) is 2. The molecule has 2 aromatic carbocycles. The van der Waals surface area contributed by atoms with Crippen LogP contribution in [-0.2, 0) is 19.6 Å². The van der Waals surface area contributed by atoms with Crippen LogP contribution in [0.4, 0.5) is 0 Å². The second-order valence-corrected chi connectivity index (χ2v) is 15.0. The van der Waals surface area contributed by atoms with Gasteiger partial charge < -0.3 is 24.3 Å². The van der Waals surface area contributed by atoms with E-state index < -0.39 is 11.7 Å². The summed E-state index contributed by atoms with van der Waals surface area (Å²) in [5.74, 6) is 1.35. The van der Waals surface area contributed by atoms with E-state index in [4.69, 9.17) is 9.47 Å². The van der Waals surface area contributed by atoms with Gasteiger partial charge in [0.05, 0.1) is 12.8 Å². The van der Waals surface area contributed by atoms with Crippen LogP contribution in [-0.4, -0.2) is 42.9 Å². The Bertz CT molecular complexity index is 1740. The topological polar surface area (TPSA) is 89.6 Å². The Labute approximate surface area is 270 Å². The van der Waals surface area contributed by atoms with E-state index in [-0.39, 0.29) is 4.75 Å².